The molecule has 0 fully saturated rings. The molecule has 0 aliphatic rings. The summed E-state index contributed by atoms with van der Waals surface area (Å²) < 4.78 is 34.5. The summed E-state index contributed by atoms with van der Waals surface area (Å²) in [6.45, 7) is 4.50. The van der Waals surface area contributed by atoms with E-state index in [0.717, 1.165) is 38.5 Å². The number of unbranched alkanes of at least 4 members (excludes halogenated alkanes) is 37. The van der Waals surface area contributed by atoms with Gasteiger partial charge in [0.15, 0.2) is 6.10 Å². The number of hydrogen-bond acceptors (Lipinski definition) is 7. The van der Waals surface area contributed by atoms with E-state index in [9.17, 15) is 19.0 Å². The molecule has 0 aliphatic heterocycles. The summed E-state index contributed by atoms with van der Waals surface area (Å²) in [6.07, 6.45) is 50.1. The highest BCUT2D eigenvalue weighted by Gasteiger charge is 2.27. The Bertz CT molecular complexity index is 1040. The molecule has 0 aromatic heterocycles. The predicted molar refractivity (Wildman–Crippen MR) is 266 cm³/mol. The zero-order valence-electron chi connectivity index (χ0n) is 42.6. The number of phosphoric ester groups is 1. The van der Waals surface area contributed by atoms with Gasteiger partial charge in [0.2, 0.25) is 0 Å². The zero-order valence-corrected chi connectivity index (χ0v) is 43.5. The minimum absolute atomic E-state index is 0.0373. The molecule has 9 nitrogen and oxygen atoms in total. The van der Waals surface area contributed by atoms with Crippen LogP contribution in [0.15, 0.2) is 0 Å². The van der Waals surface area contributed by atoms with E-state index >= 15 is 0 Å². The van der Waals surface area contributed by atoms with Crippen LogP contribution in [0, 0.1) is 0 Å². The number of carbonyl (C=O) groups is 2. The van der Waals surface area contributed by atoms with E-state index < -0.39 is 26.5 Å². The summed E-state index contributed by atoms with van der Waals surface area (Å²) in [5.41, 5.74) is 0. The van der Waals surface area contributed by atoms with E-state index in [2.05, 4.69) is 13.8 Å². The fourth-order valence-corrected chi connectivity index (χ4v) is 8.88. The Balaban J connectivity index is 4.16. The smallest absolute Gasteiger partial charge is 0.462 e. The normalized spacial score (nSPS) is 13.3. The van der Waals surface area contributed by atoms with Crippen molar-refractivity contribution in [2.24, 2.45) is 0 Å². The van der Waals surface area contributed by atoms with E-state index in [1.165, 1.54) is 212 Å². The fraction of sp³-hybridized carbons (Fsp3) is 0.962. The Morgan fingerprint density at radius 2 is 0.714 bits per heavy atom. The van der Waals surface area contributed by atoms with Crippen LogP contribution < -0.4 is 0 Å². The van der Waals surface area contributed by atoms with Crippen LogP contribution in [0.3, 0.4) is 0 Å². The minimum Gasteiger partial charge on any atom is -0.462 e. The summed E-state index contributed by atoms with van der Waals surface area (Å²) in [6, 6.07) is 0. The van der Waals surface area contributed by atoms with Crippen LogP contribution in [0.1, 0.15) is 277 Å². The number of ether oxygens (including phenoxy) is 2. The molecule has 0 heterocycles. The van der Waals surface area contributed by atoms with E-state index in [0.29, 0.717) is 17.4 Å². The van der Waals surface area contributed by atoms with Crippen molar-refractivity contribution in [3.8, 4) is 0 Å². The molecule has 0 radical (unpaired) electrons. The van der Waals surface area contributed by atoms with E-state index in [-0.39, 0.29) is 25.6 Å². The third-order valence-electron chi connectivity index (χ3n) is 12.4. The van der Waals surface area contributed by atoms with Gasteiger partial charge >= 0.3 is 19.8 Å². The van der Waals surface area contributed by atoms with Crippen molar-refractivity contribution >= 4 is 19.8 Å². The molecular weight excluding hydrogens is 810 g/mol. The number of quaternary nitrogens is 1. The molecule has 0 aromatic rings. The van der Waals surface area contributed by atoms with Gasteiger partial charge in [-0.3, -0.25) is 18.6 Å². The SMILES string of the molecule is CCCCCCCCCCCCCCCCCCCCCCC(=O)OC[C@H](COP(=O)(O)OCC[N+](C)(C)C)OC(=O)CCCCCCCCCCCCCCCCCCCCC. The van der Waals surface area contributed by atoms with E-state index in [1.54, 1.807) is 0 Å². The van der Waals surface area contributed by atoms with Gasteiger partial charge in [0.05, 0.1) is 27.7 Å². The highest BCUT2D eigenvalue weighted by Crippen LogP contribution is 2.43. The largest absolute Gasteiger partial charge is 0.472 e. The molecule has 0 saturated heterocycles. The van der Waals surface area contributed by atoms with Gasteiger partial charge in [-0.05, 0) is 12.8 Å². The van der Waals surface area contributed by atoms with Gasteiger partial charge in [-0.1, -0.05) is 251 Å². The van der Waals surface area contributed by atoms with Gasteiger partial charge in [-0.15, -0.1) is 0 Å². The molecule has 376 valence electrons. The average Bonchev–Trinajstić information content (AvgIpc) is 3.24. The highest BCUT2D eigenvalue weighted by atomic mass is 31.2. The van der Waals surface area contributed by atoms with Crippen molar-refractivity contribution < 1.29 is 42.1 Å². The third-order valence-corrected chi connectivity index (χ3v) is 13.4. The van der Waals surface area contributed by atoms with Crippen molar-refractivity contribution in [1.82, 2.24) is 0 Å². The lowest BCUT2D eigenvalue weighted by atomic mass is 10.0. The molecule has 0 aromatic carbocycles. The lowest BCUT2D eigenvalue weighted by Gasteiger charge is -2.24. The first-order valence-electron chi connectivity index (χ1n) is 27.3. The molecule has 0 rings (SSSR count). The number of esters is 2. The first-order chi connectivity index (χ1) is 30.5. The number of carbonyl (C=O) groups excluding carboxylic acids is 2. The van der Waals surface area contributed by atoms with Crippen molar-refractivity contribution in [2.75, 3.05) is 47.5 Å². The summed E-state index contributed by atoms with van der Waals surface area (Å²) >= 11 is 0. The van der Waals surface area contributed by atoms with Crippen molar-refractivity contribution in [1.29, 1.82) is 0 Å². The number of rotatable bonds is 51. The second-order valence-corrected chi connectivity index (χ2v) is 21.4. The predicted octanol–water partition coefficient (Wildman–Crippen LogP) is 16.3. The van der Waals surface area contributed by atoms with Crippen LogP contribution in [0.5, 0.6) is 0 Å². The highest BCUT2D eigenvalue weighted by molar-refractivity contribution is 7.47. The van der Waals surface area contributed by atoms with Crippen LogP contribution in [0.2, 0.25) is 0 Å². The standard InChI is InChI=1S/C53H106NO8P/c1-6-8-10-12-14-16-18-20-22-24-26-28-29-31-33-35-37-39-41-43-45-52(55)59-49-51(50-61-63(57,58)60-48-47-54(3,4)5)62-53(56)46-44-42-40-38-36-34-32-30-27-25-23-21-19-17-15-13-11-9-7-2/h51H,6-50H2,1-5H3/p+1/t51-/m1/s1. The fourth-order valence-electron chi connectivity index (χ4n) is 8.14. The Labute approximate surface area is 391 Å². The Kier molecular flexibility index (Phi) is 45.4. The molecule has 0 aliphatic carbocycles. The van der Waals surface area contributed by atoms with Crippen LogP contribution in [0.25, 0.3) is 0 Å². The second-order valence-electron chi connectivity index (χ2n) is 20.0. The number of hydrogen-bond donors (Lipinski definition) is 1. The van der Waals surface area contributed by atoms with Gasteiger partial charge in [-0.25, -0.2) is 4.57 Å². The van der Waals surface area contributed by atoms with Crippen LogP contribution >= 0.6 is 7.82 Å². The molecular formula is C53H107NO8P+. The van der Waals surface area contributed by atoms with Crippen LogP contribution in [-0.4, -0.2) is 74.9 Å². The second kappa shape index (κ2) is 46.1. The summed E-state index contributed by atoms with van der Waals surface area (Å²) in [5.74, 6) is -0.775. The van der Waals surface area contributed by atoms with Gasteiger partial charge in [0.25, 0.3) is 0 Å². The van der Waals surface area contributed by atoms with Crippen molar-refractivity contribution in [3.63, 3.8) is 0 Å². The quantitative estimate of drug-likeness (QED) is 0.0278. The molecule has 0 bridgehead atoms. The molecule has 1 N–H and O–H groups in total. The number of phosphoric acid groups is 1. The number of likely N-dealkylation sites (N-methyl/N-ethyl adjacent to an activating group) is 1. The van der Waals surface area contributed by atoms with Gasteiger partial charge in [0, 0.05) is 12.8 Å². The van der Waals surface area contributed by atoms with Gasteiger partial charge < -0.3 is 18.9 Å². The summed E-state index contributed by atoms with van der Waals surface area (Å²) in [4.78, 5) is 35.6. The topological polar surface area (TPSA) is 108 Å². The lowest BCUT2D eigenvalue weighted by Crippen LogP contribution is -2.37. The third kappa shape index (κ3) is 50.3. The maximum Gasteiger partial charge on any atom is 0.472 e. The summed E-state index contributed by atoms with van der Waals surface area (Å²) in [5, 5.41) is 0. The van der Waals surface area contributed by atoms with Crippen LogP contribution in [-0.2, 0) is 32.7 Å². The van der Waals surface area contributed by atoms with Crippen molar-refractivity contribution in [3.05, 3.63) is 0 Å². The molecule has 2 atom stereocenters. The van der Waals surface area contributed by atoms with E-state index in [1.807, 2.05) is 21.1 Å². The minimum atomic E-state index is -4.37. The molecule has 10 heteroatoms. The Morgan fingerprint density at radius 1 is 0.429 bits per heavy atom. The first-order valence-corrected chi connectivity index (χ1v) is 28.8. The van der Waals surface area contributed by atoms with Crippen LogP contribution in [0.4, 0.5) is 0 Å². The maximum absolute atomic E-state index is 12.8. The number of nitrogens with zero attached hydrogens (tertiary/aromatic N) is 1. The maximum atomic E-state index is 12.8. The zero-order chi connectivity index (χ0) is 46.4. The average molecular weight is 917 g/mol. The van der Waals surface area contributed by atoms with Gasteiger partial charge in [0.1, 0.15) is 19.8 Å². The molecule has 0 spiro atoms. The van der Waals surface area contributed by atoms with Crippen molar-refractivity contribution in [2.45, 2.75) is 283 Å². The Hall–Kier alpha value is -0.990. The van der Waals surface area contributed by atoms with E-state index in [4.69, 9.17) is 18.5 Å². The molecule has 63 heavy (non-hydrogen) atoms. The molecule has 0 amide bonds. The molecule has 1 unspecified atom stereocenters. The Morgan fingerprint density at radius 3 is 1.02 bits per heavy atom. The molecule has 0 saturated carbocycles. The first kappa shape index (κ1) is 62.0. The van der Waals surface area contributed by atoms with Gasteiger partial charge in [-0.2, -0.15) is 0 Å². The monoisotopic (exact) mass is 917 g/mol. The summed E-state index contributed by atoms with van der Waals surface area (Å²) in [7, 11) is 1.50. The lowest BCUT2D eigenvalue weighted by molar-refractivity contribution is -0.870.